The van der Waals surface area contributed by atoms with Crippen LogP contribution in [0.2, 0.25) is 0 Å². The third kappa shape index (κ3) is 6.58. The van der Waals surface area contributed by atoms with Gasteiger partial charge in [-0.3, -0.25) is 9.59 Å². The van der Waals surface area contributed by atoms with Gasteiger partial charge in [-0.1, -0.05) is 28.1 Å². The van der Waals surface area contributed by atoms with Gasteiger partial charge in [-0.2, -0.15) is 0 Å². The Morgan fingerprint density at radius 3 is 2.56 bits per heavy atom. The SMILES string of the molecule is Cl.NCC(=O)NCC(=O)NCc1cccc(Br)c1. The largest absolute Gasteiger partial charge is 0.350 e. The van der Waals surface area contributed by atoms with E-state index >= 15 is 0 Å². The van der Waals surface area contributed by atoms with Crippen LogP contribution in [0.5, 0.6) is 0 Å². The first kappa shape index (κ1) is 16.9. The molecule has 2 amide bonds. The number of amides is 2. The number of rotatable bonds is 5. The van der Waals surface area contributed by atoms with Crippen molar-refractivity contribution >= 4 is 40.2 Å². The zero-order chi connectivity index (χ0) is 12.7. The van der Waals surface area contributed by atoms with Gasteiger partial charge in [0.15, 0.2) is 0 Å². The van der Waals surface area contributed by atoms with Gasteiger partial charge in [-0.05, 0) is 17.7 Å². The van der Waals surface area contributed by atoms with Gasteiger partial charge in [-0.15, -0.1) is 12.4 Å². The number of benzene rings is 1. The number of nitrogens with two attached hydrogens (primary N) is 1. The molecule has 0 atom stereocenters. The Morgan fingerprint density at radius 2 is 1.94 bits per heavy atom. The molecule has 0 aliphatic carbocycles. The predicted molar refractivity (Wildman–Crippen MR) is 75.3 cm³/mol. The monoisotopic (exact) mass is 335 g/mol. The minimum atomic E-state index is -0.345. The van der Waals surface area contributed by atoms with Crippen molar-refractivity contribution in [3.05, 3.63) is 34.3 Å². The fourth-order valence-corrected chi connectivity index (χ4v) is 1.61. The fourth-order valence-electron chi connectivity index (χ4n) is 1.16. The zero-order valence-corrected chi connectivity index (χ0v) is 12.0. The van der Waals surface area contributed by atoms with Gasteiger partial charge in [0.1, 0.15) is 0 Å². The van der Waals surface area contributed by atoms with Crippen LogP contribution in [0.15, 0.2) is 28.7 Å². The summed E-state index contributed by atoms with van der Waals surface area (Å²) in [6, 6.07) is 7.62. The lowest BCUT2D eigenvalue weighted by Crippen LogP contribution is -2.39. The van der Waals surface area contributed by atoms with Crippen molar-refractivity contribution in [2.45, 2.75) is 6.54 Å². The molecule has 0 saturated carbocycles. The molecular weight excluding hydrogens is 321 g/mol. The van der Waals surface area contributed by atoms with Crippen LogP contribution in [0.25, 0.3) is 0 Å². The molecule has 0 fully saturated rings. The zero-order valence-electron chi connectivity index (χ0n) is 9.61. The molecule has 1 rings (SSSR count). The smallest absolute Gasteiger partial charge is 0.239 e. The number of hydrogen-bond donors (Lipinski definition) is 3. The Bertz CT molecular complexity index is 415. The minimum Gasteiger partial charge on any atom is -0.350 e. The van der Waals surface area contributed by atoms with E-state index in [4.69, 9.17) is 5.73 Å². The normalized spacial score (nSPS) is 9.22. The summed E-state index contributed by atoms with van der Waals surface area (Å²) in [6.45, 7) is 0.264. The van der Waals surface area contributed by atoms with Crippen LogP contribution in [-0.2, 0) is 16.1 Å². The summed E-state index contributed by atoms with van der Waals surface area (Å²) >= 11 is 3.34. The highest BCUT2D eigenvalue weighted by atomic mass is 79.9. The quantitative estimate of drug-likeness (QED) is 0.735. The van der Waals surface area contributed by atoms with Crippen molar-refractivity contribution in [2.24, 2.45) is 5.73 Å². The topological polar surface area (TPSA) is 84.2 Å². The average molecular weight is 337 g/mol. The number of nitrogens with one attached hydrogen (secondary N) is 2. The van der Waals surface area contributed by atoms with Crippen molar-refractivity contribution in [1.82, 2.24) is 10.6 Å². The summed E-state index contributed by atoms with van der Waals surface area (Å²) in [6.07, 6.45) is 0. The average Bonchev–Trinajstić information content (AvgIpc) is 2.33. The van der Waals surface area contributed by atoms with Crippen molar-refractivity contribution < 1.29 is 9.59 Å². The van der Waals surface area contributed by atoms with Crippen LogP contribution in [0, 0.1) is 0 Å². The van der Waals surface area contributed by atoms with E-state index in [0.717, 1.165) is 10.0 Å². The lowest BCUT2D eigenvalue weighted by Gasteiger charge is -2.06. The van der Waals surface area contributed by atoms with E-state index in [9.17, 15) is 9.59 Å². The van der Waals surface area contributed by atoms with Gasteiger partial charge in [-0.25, -0.2) is 0 Å². The van der Waals surface area contributed by atoms with E-state index in [2.05, 4.69) is 26.6 Å². The third-order valence-electron chi connectivity index (χ3n) is 2.01. The van der Waals surface area contributed by atoms with Gasteiger partial charge in [0.25, 0.3) is 0 Å². The van der Waals surface area contributed by atoms with Crippen LogP contribution in [0.1, 0.15) is 5.56 Å². The van der Waals surface area contributed by atoms with Crippen LogP contribution in [0.4, 0.5) is 0 Å². The second kappa shape index (κ2) is 8.91. The summed E-state index contributed by atoms with van der Waals surface area (Å²) < 4.78 is 0.959. The first-order chi connectivity index (χ1) is 8.11. The van der Waals surface area contributed by atoms with Gasteiger partial charge < -0.3 is 16.4 Å². The molecule has 100 valence electrons. The third-order valence-corrected chi connectivity index (χ3v) is 2.50. The summed E-state index contributed by atoms with van der Waals surface area (Å²) in [4.78, 5) is 22.2. The molecular formula is C11H15BrClN3O2. The summed E-state index contributed by atoms with van der Waals surface area (Å²) in [7, 11) is 0. The van der Waals surface area contributed by atoms with E-state index in [1.54, 1.807) is 0 Å². The molecule has 4 N–H and O–H groups in total. The molecule has 5 nitrogen and oxygen atoms in total. The Balaban J connectivity index is 0.00000289. The molecule has 0 aliphatic heterocycles. The van der Waals surface area contributed by atoms with Crippen molar-refractivity contribution in [3.63, 3.8) is 0 Å². The Morgan fingerprint density at radius 1 is 1.22 bits per heavy atom. The first-order valence-electron chi connectivity index (χ1n) is 5.09. The number of halogens is 2. The van der Waals surface area contributed by atoms with Crippen LogP contribution < -0.4 is 16.4 Å². The number of hydrogen-bond acceptors (Lipinski definition) is 3. The Labute approximate surface area is 120 Å². The highest BCUT2D eigenvalue weighted by Crippen LogP contribution is 2.11. The summed E-state index contributed by atoms with van der Waals surface area (Å²) in [5.41, 5.74) is 6.08. The van der Waals surface area contributed by atoms with E-state index in [1.165, 1.54) is 0 Å². The first-order valence-corrected chi connectivity index (χ1v) is 5.89. The van der Waals surface area contributed by atoms with Gasteiger partial charge >= 0.3 is 0 Å². The number of carbonyl (C=O) groups excluding carboxylic acids is 2. The molecule has 7 heteroatoms. The standard InChI is InChI=1S/C11H14BrN3O2.ClH/c12-9-3-1-2-8(4-9)6-14-11(17)7-15-10(16)5-13;/h1-4H,5-7,13H2,(H,14,17)(H,15,16);1H. The molecule has 1 aromatic carbocycles. The molecule has 0 bridgehead atoms. The molecule has 0 radical (unpaired) electrons. The molecule has 0 unspecified atom stereocenters. The van der Waals surface area contributed by atoms with Crippen LogP contribution in [0.3, 0.4) is 0 Å². The molecule has 0 aromatic heterocycles. The number of carbonyl (C=O) groups is 2. The van der Waals surface area contributed by atoms with Crippen molar-refractivity contribution in [2.75, 3.05) is 13.1 Å². The molecule has 1 aromatic rings. The van der Waals surface area contributed by atoms with E-state index in [-0.39, 0.29) is 37.3 Å². The van der Waals surface area contributed by atoms with Crippen molar-refractivity contribution in [1.29, 1.82) is 0 Å². The maximum Gasteiger partial charge on any atom is 0.239 e. The second-order valence-electron chi connectivity index (χ2n) is 3.39. The van der Waals surface area contributed by atoms with E-state index in [0.29, 0.717) is 6.54 Å². The second-order valence-corrected chi connectivity index (χ2v) is 4.30. The predicted octanol–water partition coefficient (Wildman–Crippen LogP) is 0.562. The Kier molecular flexibility index (Phi) is 8.36. The fraction of sp³-hybridized carbons (Fsp3) is 0.273. The lowest BCUT2D eigenvalue weighted by atomic mass is 10.2. The highest BCUT2D eigenvalue weighted by molar-refractivity contribution is 9.10. The summed E-state index contributed by atoms with van der Waals surface area (Å²) in [5.74, 6) is -0.589. The maximum absolute atomic E-state index is 11.3. The van der Waals surface area contributed by atoms with Gasteiger partial charge in [0.2, 0.25) is 11.8 Å². The van der Waals surface area contributed by atoms with Gasteiger partial charge in [0.05, 0.1) is 13.1 Å². The van der Waals surface area contributed by atoms with Gasteiger partial charge in [0, 0.05) is 11.0 Å². The van der Waals surface area contributed by atoms with E-state index in [1.807, 2.05) is 24.3 Å². The molecule has 0 saturated heterocycles. The van der Waals surface area contributed by atoms with Crippen LogP contribution >= 0.6 is 28.3 Å². The van der Waals surface area contributed by atoms with Crippen molar-refractivity contribution in [3.8, 4) is 0 Å². The maximum atomic E-state index is 11.3. The highest BCUT2D eigenvalue weighted by Gasteiger charge is 2.03. The lowest BCUT2D eigenvalue weighted by molar-refractivity contribution is -0.125. The molecule has 18 heavy (non-hydrogen) atoms. The minimum absolute atomic E-state index is 0. The molecule has 0 spiro atoms. The Hall–Kier alpha value is -1.11. The molecule has 0 heterocycles. The summed E-state index contributed by atoms with van der Waals surface area (Å²) in [5, 5.41) is 5.08. The van der Waals surface area contributed by atoms with E-state index < -0.39 is 0 Å². The van der Waals surface area contributed by atoms with Crippen LogP contribution in [-0.4, -0.2) is 24.9 Å². The molecule has 0 aliphatic rings.